The van der Waals surface area contributed by atoms with Crippen LogP contribution in [0.5, 0.6) is 0 Å². The van der Waals surface area contributed by atoms with Crippen LogP contribution >= 0.6 is 23.5 Å². The molecular formula is C25H23N5OS2. The summed E-state index contributed by atoms with van der Waals surface area (Å²) in [5, 5.41) is 12.5. The van der Waals surface area contributed by atoms with Gasteiger partial charge in [0.2, 0.25) is 5.91 Å². The van der Waals surface area contributed by atoms with Gasteiger partial charge < -0.3 is 5.32 Å². The molecule has 1 N–H and O–H groups in total. The fourth-order valence-corrected chi connectivity index (χ4v) is 4.66. The van der Waals surface area contributed by atoms with Gasteiger partial charge in [-0.25, -0.2) is 0 Å². The summed E-state index contributed by atoms with van der Waals surface area (Å²) in [6.45, 7) is 4.37. The van der Waals surface area contributed by atoms with Crippen molar-refractivity contribution >= 4 is 35.1 Å². The van der Waals surface area contributed by atoms with Crippen molar-refractivity contribution in [3.8, 4) is 11.4 Å². The number of benzene rings is 2. The van der Waals surface area contributed by atoms with E-state index in [2.05, 4.69) is 39.2 Å². The lowest BCUT2D eigenvalue weighted by Crippen LogP contribution is -2.15. The molecule has 4 aromatic rings. The number of carbonyl (C=O) groups is 1. The monoisotopic (exact) mass is 473 g/mol. The number of hydrogen-bond donors (Lipinski definition) is 1. The molecule has 4 rings (SSSR count). The van der Waals surface area contributed by atoms with E-state index >= 15 is 0 Å². The SMILES string of the molecule is C=CCSc1ccccc1NC(=O)CSc1nnc(-c2ccncc2)n1Cc1ccccc1. The van der Waals surface area contributed by atoms with Crippen LogP contribution in [0.25, 0.3) is 11.4 Å². The molecule has 0 bridgehead atoms. The maximum Gasteiger partial charge on any atom is 0.234 e. The Hall–Kier alpha value is -3.36. The summed E-state index contributed by atoms with van der Waals surface area (Å²) in [6, 6.07) is 21.7. The summed E-state index contributed by atoms with van der Waals surface area (Å²) >= 11 is 3.01. The standard InChI is InChI=1S/C25H23N5OS2/c1-2-16-32-22-11-7-6-10-21(22)27-23(31)18-33-25-29-28-24(20-12-14-26-15-13-20)30(25)17-19-8-4-3-5-9-19/h2-15H,1,16-18H2,(H,27,31). The molecule has 0 unspecified atom stereocenters. The number of anilines is 1. The van der Waals surface area contributed by atoms with Gasteiger partial charge in [-0.15, -0.1) is 28.5 Å². The van der Waals surface area contributed by atoms with E-state index in [0.717, 1.165) is 33.3 Å². The summed E-state index contributed by atoms with van der Waals surface area (Å²) in [6.07, 6.45) is 5.32. The minimum atomic E-state index is -0.0913. The zero-order chi connectivity index (χ0) is 22.9. The molecular weight excluding hydrogens is 450 g/mol. The molecule has 8 heteroatoms. The molecule has 0 radical (unpaired) electrons. The minimum Gasteiger partial charge on any atom is -0.324 e. The van der Waals surface area contributed by atoms with E-state index in [0.29, 0.717) is 11.7 Å². The Morgan fingerprint density at radius 1 is 0.970 bits per heavy atom. The van der Waals surface area contributed by atoms with E-state index in [1.165, 1.54) is 11.8 Å². The first-order valence-electron chi connectivity index (χ1n) is 10.4. The van der Waals surface area contributed by atoms with Gasteiger partial charge in [-0.2, -0.15) is 0 Å². The lowest BCUT2D eigenvalue weighted by atomic mass is 10.2. The predicted octanol–water partition coefficient (Wildman–Crippen LogP) is 5.40. The highest BCUT2D eigenvalue weighted by Crippen LogP contribution is 2.28. The number of nitrogens with one attached hydrogen (secondary N) is 1. The number of hydrogen-bond acceptors (Lipinski definition) is 6. The highest BCUT2D eigenvalue weighted by atomic mass is 32.2. The number of pyridine rings is 1. The van der Waals surface area contributed by atoms with Gasteiger partial charge in [0.05, 0.1) is 18.0 Å². The summed E-state index contributed by atoms with van der Waals surface area (Å²) in [5.41, 5.74) is 2.86. The van der Waals surface area contributed by atoms with Crippen LogP contribution < -0.4 is 5.32 Å². The topological polar surface area (TPSA) is 72.7 Å². The average molecular weight is 474 g/mol. The maximum absolute atomic E-state index is 12.7. The van der Waals surface area contributed by atoms with E-state index in [1.807, 2.05) is 65.2 Å². The predicted molar refractivity (Wildman–Crippen MR) is 136 cm³/mol. The quantitative estimate of drug-likeness (QED) is 0.246. The minimum absolute atomic E-state index is 0.0913. The molecule has 0 atom stereocenters. The van der Waals surface area contributed by atoms with Crippen LogP contribution in [0.2, 0.25) is 0 Å². The summed E-state index contributed by atoms with van der Waals surface area (Å²) in [5.74, 6) is 1.66. The van der Waals surface area contributed by atoms with Gasteiger partial charge in [0.25, 0.3) is 0 Å². The van der Waals surface area contributed by atoms with Gasteiger partial charge in [0, 0.05) is 28.6 Å². The zero-order valence-corrected chi connectivity index (χ0v) is 19.6. The van der Waals surface area contributed by atoms with Crippen LogP contribution in [0.3, 0.4) is 0 Å². The smallest absolute Gasteiger partial charge is 0.234 e. The van der Waals surface area contributed by atoms with Crippen molar-refractivity contribution in [3.05, 3.63) is 97.3 Å². The number of para-hydroxylation sites is 1. The Kier molecular flexibility index (Phi) is 7.94. The van der Waals surface area contributed by atoms with Crippen LogP contribution in [0.1, 0.15) is 5.56 Å². The fourth-order valence-electron chi connectivity index (χ4n) is 3.18. The molecule has 2 heterocycles. The number of carbonyl (C=O) groups excluding carboxylic acids is 1. The van der Waals surface area contributed by atoms with E-state index in [4.69, 9.17) is 0 Å². The number of rotatable bonds is 10. The Balaban J connectivity index is 1.50. The van der Waals surface area contributed by atoms with E-state index in [-0.39, 0.29) is 11.7 Å². The van der Waals surface area contributed by atoms with Crippen molar-refractivity contribution in [2.75, 3.05) is 16.8 Å². The summed E-state index contributed by atoms with van der Waals surface area (Å²) < 4.78 is 2.04. The fraction of sp³-hybridized carbons (Fsp3) is 0.120. The van der Waals surface area contributed by atoms with E-state index in [9.17, 15) is 4.79 Å². The van der Waals surface area contributed by atoms with Gasteiger partial charge in [-0.05, 0) is 29.8 Å². The second-order valence-electron chi connectivity index (χ2n) is 7.05. The third kappa shape index (κ3) is 6.12. The Labute approximate surface area is 201 Å². The lowest BCUT2D eigenvalue weighted by Gasteiger charge is -2.12. The molecule has 0 saturated heterocycles. The molecule has 0 spiro atoms. The molecule has 0 fully saturated rings. The molecule has 1 amide bonds. The third-order valence-electron chi connectivity index (χ3n) is 4.69. The van der Waals surface area contributed by atoms with Gasteiger partial charge in [0.1, 0.15) is 0 Å². The molecule has 0 saturated carbocycles. The summed E-state index contributed by atoms with van der Waals surface area (Å²) in [7, 11) is 0. The Bertz CT molecular complexity index is 1210. The van der Waals surface area contributed by atoms with Gasteiger partial charge in [0.15, 0.2) is 11.0 Å². The second-order valence-corrected chi connectivity index (χ2v) is 9.05. The molecule has 33 heavy (non-hydrogen) atoms. The van der Waals surface area contributed by atoms with Crippen LogP contribution in [0.4, 0.5) is 5.69 Å². The maximum atomic E-state index is 12.7. The van der Waals surface area contributed by atoms with Crippen molar-refractivity contribution < 1.29 is 4.79 Å². The molecule has 2 aromatic carbocycles. The molecule has 0 aliphatic carbocycles. The van der Waals surface area contributed by atoms with Crippen molar-refractivity contribution in [2.45, 2.75) is 16.6 Å². The second kappa shape index (κ2) is 11.5. The largest absolute Gasteiger partial charge is 0.324 e. The van der Waals surface area contributed by atoms with Crippen LogP contribution in [-0.4, -0.2) is 37.2 Å². The molecule has 0 aliphatic rings. The number of nitrogens with zero attached hydrogens (tertiary/aromatic N) is 4. The number of amides is 1. The Morgan fingerprint density at radius 2 is 1.73 bits per heavy atom. The first kappa shape index (κ1) is 22.8. The normalized spacial score (nSPS) is 10.7. The van der Waals surface area contributed by atoms with Crippen molar-refractivity contribution in [1.29, 1.82) is 0 Å². The van der Waals surface area contributed by atoms with Gasteiger partial charge in [-0.1, -0.05) is 60.3 Å². The highest BCUT2D eigenvalue weighted by molar-refractivity contribution is 8.00. The highest BCUT2D eigenvalue weighted by Gasteiger charge is 2.16. The van der Waals surface area contributed by atoms with E-state index < -0.39 is 0 Å². The van der Waals surface area contributed by atoms with Crippen molar-refractivity contribution in [1.82, 2.24) is 19.7 Å². The zero-order valence-electron chi connectivity index (χ0n) is 17.9. The molecule has 166 valence electrons. The van der Waals surface area contributed by atoms with Crippen molar-refractivity contribution in [2.24, 2.45) is 0 Å². The first-order chi connectivity index (χ1) is 16.2. The van der Waals surface area contributed by atoms with Gasteiger partial charge >= 0.3 is 0 Å². The molecule has 2 aromatic heterocycles. The molecule has 0 aliphatic heterocycles. The van der Waals surface area contributed by atoms with Gasteiger partial charge in [-0.3, -0.25) is 14.3 Å². The summed E-state index contributed by atoms with van der Waals surface area (Å²) in [4.78, 5) is 17.8. The number of aromatic nitrogens is 4. The van der Waals surface area contributed by atoms with Crippen LogP contribution in [-0.2, 0) is 11.3 Å². The van der Waals surface area contributed by atoms with E-state index in [1.54, 1.807) is 24.2 Å². The third-order valence-corrected chi connectivity index (χ3v) is 6.73. The first-order valence-corrected chi connectivity index (χ1v) is 12.3. The van der Waals surface area contributed by atoms with Crippen molar-refractivity contribution in [3.63, 3.8) is 0 Å². The van der Waals surface area contributed by atoms with Crippen LogP contribution in [0.15, 0.2) is 102 Å². The molecule has 6 nitrogen and oxygen atoms in total. The Morgan fingerprint density at radius 3 is 2.52 bits per heavy atom. The lowest BCUT2D eigenvalue weighted by molar-refractivity contribution is -0.113. The average Bonchev–Trinajstić information content (AvgIpc) is 3.25. The van der Waals surface area contributed by atoms with Crippen LogP contribution in [0, 0.1) is 0 Å². The number of thioether (sulfide) groups is 2.